The van der Waals surface area contributed by atoms with Gasteiger partial charge in [-0.05, 0) is 5.41 Å². The van der Waals surface area contributed by atoms with Crippen LogP contribution in [0.1, 0.15) is 0 Å². The maximum absolute atomic E-state index is 10.3. The molecule has 0 aromatic rings. The van der Waals surface area contributed by atoms with Crippen LogP contribution < -0.4 is 0 Å². The van der Waals surface area contributed by atoms with E-state index in [9.17, 15) is 4.79 Å². The van der Waals surface area contributed by atoms with Crippen LogP contribution in [0.5, 0.6) is 0 Å². The van der Waals surface area contributed by atoms with Crippen LogP contribution in [0.3, 0.4) is 0 Å². The molecule has 0 aliphatic rings. The summed E-state index contributed by atoms with van der Waals surface area (Å²) in [5.41, 5.74) is 0. The molecule has 0 N–H and O–H groups in total. The molecule has 0 spiro atoms. The van der Waals surface area contributed by atoms with Gasteiger partial charge in [0.25, 0.3) is 0 Å². The highest BCUT2D eigenvalue weighted by Crippen LogP contribution is 1.98. The zero-order valence-electron chi connectivity index (χ0n) is 4.72. The number of methoxy groups -OCH3 is 1. The predicted molar refractivity (Wildman–Crippen MR) is 34.7 cm³/mol. The van der Waals surface area contributed by atoms with Gasteiger partial charge in [-0.3, -0.25) is 4.79 Å². The summed E-state index contributed by atoms with van der Waals surface area (Å²) in [7, 11) is 1.37. The van der Waals surface area contributed by atoms with Gasteiger partial charge in [0.1, 0.15) is 0 Å². The van der Waals surface area contributed by atoms with E-state index in [-0.39, 0.29) is 5.97 Å². The first kappa shape index (κ1) is 7.56. The normalized spacial score (nSPS) is 8.12. The van der Waals surface area contributed by atoms with Gasteiger partial charge in [-0.15, -0.1) is 11.8 Å². The van der Waals surface area contributed by atoms with E-state index in [0.717, 1.165) is 0 Å². The number of ether oxygens (including phenoxy) is 1. The van der Waals surface area contributed by atoms with Gasteiger partial charge in [0.2, 0.25) is 0 Å². The van der Waals surface area contributed by atoms with Crippen LogP contribution >= 0.6 is 11.8 Å². The van der Waals surface area contributed by atoms with Crippen LogP contribution in [0, 0.1) is 0 Å². The Hall–Kier alpha value is -0.440. The summed E-state index contributed by atoms with van der Waals surface area (Å²) in [6.07, 6.45) is 0. The van der Waals surface area contributed by atoms with Gasteiger partial charge in [0.15, 0.2) is 0 Å². The molecule has 0 atom stereocenters. The van der Waals surface area contributed by atoms with E-state index < -0.39 is 0 Å². The van der Waals surface area contributed by atoms with Crippen molar-refractivity contribution in [3.05, 3.63) is 12.0 Å². The Morgan fingerprint density at radius 1 is 2.00 bits per heavy atom. The third kappa shape index (κ3) is 3.74. The van der Waals surface area contributed by atoms with Crippen LogP contribution in [0.2, 0.25) is 0 Å². The summed E-state index contributed by atoms with van der Waals surface area (Å²) in [6.45, 7) is 3.42. The third-order valence-corrected chi connectivity index (χ3v) is 1.18. The lowest BCUT2D eigenvalue weighted by molar-refractivity contribution is -0.137. The molecule has 0 saturated carbocycles. The molecule has 0 aliphatic carbocycles. The topological polar surface area (TPSA) is 26.3 Å². The van der Waals surface area contributed by atoms with E-state index in [1.165, 1.54) is 18.9 Å². The largest absolute Gasteiger partial charge is 0.468 e. The number of hydrogen-bond donors (Lipinski definition) is 0. The van der Waals surface area contributed by atoms with Crippen LogP contribution in [0.15, 0.2) is 12.0 Å². The lowest BCUT2D eigenvalue weighted by Crippen LogP contribution is -2.01. The molecule has 0 fully saturated rings. The van der Waals surface area contributed by atoms with E-state index in [1.54, 1.807) is 5.41 Å². The number of carbonyl (C=O) groups excluding carboxylic acids is 1. The molecule has 0 amide bonds. The molecule has 0 saturated heterocycles. The number of hydrogen-bond acceptors (Lipinski definition) is 3. The first-order valence-corrected chi connectivity index (χ1v) is 3.15. The highest BCUT2D eigenvalue weighted by Gasteiger charge is 1.94. The third-order valence-electron chi connectivity index (χ3n) is 0.547. The van der Waals surface area contributed by atoms with Gasteiger partial charge in [0, 0.05) is 0 Å². The Morgan fingerprint density at radius 3 is 3.00 bits per heavy atom. The molecule has 0 aromatic heterocycles. The van der Waals surface area contributed by atoms with Crippen LogP contribution in [-0.2, 0) is 9.53 Å². The molecule has 46 valence electrons. The van der Waals surface area contributed by atoms with E-state index >= 15 is 0 Å². The van der Waals surface area contributed by atoms with Crippen molar-refractivity contribution in [3.8, 4) is 0 Å². The van der Waals surface area contributed by atoms with Crippen LogP contribution in [-0.4, -0.2) is 18.8 Å². The molecule has 0 radical (unpaired) electrons. The number of carbonyl (C=O) groups is 1. The van der Waals surface area contributed by atoms with Gasteiger partial charge >= 0.3 is 5.97 Å². The van der Waals surface area contributed by atoms with Crippen molar-refractivity contribution >= 4 is 17.7 Å². The molecule has 0 heterocycles. The first-order chi connectivity index (χ1) is 3.81. The minimum absolute atomic E-state index is 0.213. The van der Waals surface area contributed by atoms with Gasteiger partial charge in [-0.25, -0.2) is 0 Å². The Kier molecular flexibility index (Phi) is 4.45. The van der Waals surface area contributed by atoms with Crippen molar-refractivity contribution < 1.29 is 9.53 Å². The Morgan fingerprint density at radius 2 is 2.62 bits per heavy atom. The molecule has 0 bridgehead atoms. The Balaban J connectivity index is 3.11. The highest BCUT2D eigenvalue weighted by molar-refractivity contribution is 8.02. The molecular formula is C5H8O2S. The predicted octanol–water partition coefficient (Wildman–Crippen LogP) is 1.04. The lowest BCUT2D eigenvalue weighted by atomic mass is 10.8. The smallest absolute Gasteiger partial charge is 0.315 e. The summed E-state index contributed by atoms with van der Waals surface area (Å²) >= 11 is 1.33. The fourth-order valence-corrected chi connectivity index (χ4v) is 0.558. The van der Waals surface area contributed by atoms with E-state index in [4.69, 9.17) is 0 Å². The van der Waals surface area contributed by atoms with Gasteiger partial charge in [-0.1, -0.05) is 6.58 Å². The molecule has 2 nitrogen and oxygen atoms in total. The Bertz CT molecular complexity index is 90.4. The monoisotopic (exact) mass is 132 g/mol. The second kappa shape index (κ2) is 4.71. The van der Waals surface area contributed by atoms with Crippen molar-refractivity contribution in [1.82, 2.24) is 0 Å². The molecular weight excluding hydrogens is 124 g/mol. The number of thioether (sulfide) groups is 1. The summed E-state index contributed by atoms with van der Waals surface area (Å²) < 4.78 is 4.34. The fraction of sp³-hybridized carbons (Fsp3) is 0.400. The standard InChI is InChI=1S/C5H8O2S/c1-3-8-4-5(6)7-2/h3H,1,4H2,2H3. The second-order valence-electron chi connectivity index (χ2n) is 1.05. The van der Waals surface area contributed by atoms with E-state index in [1.807, 2.05) is 0 Å². The minimum Gasteiger partial charge on any atom is -0.468 e. The molecule has 0 rings (SSSR count). The summed E-state index contributed by atoms with van der Waals surface area (Å²) in [5.74, 6) is 0.148. The van der Waals surface area contributed by atoms with Crippen molar-refractivity contribution in [2.24, 2.45) is 0 Å². The zero-order valence-corrected chi connectivity index (χ0v) is 5.53. The van der Waals surface area contributed by atoms with Crippen molar-refractivity contribution in [2.45, 2.75) is 0 Å². The zero-order chi connectivity index (χ0) is 6.41. The van der Waals surface area contributed by atoms with Crippen molar-refractivity contribution in [3.63, 3.8) is 0 Å². The average Bonchev–Trinajstić information content (AvgIpc) is 1.83. The summed E-state index contributed by atoms with van der Waals surface area (Å²) in [5, 5.41) is 1.61. The average molecular weight is 132 g/mol. The quantitative estimate of drug-likeness (QED) is 0.536. The molecule has 3 heteroatoms. The summed E-state index contributed by atoms with van der Waals surface area (Å²) in [6, 6.07) is 0. The van der Waals surface area contributed by atoms with Gasteiger partial charge in [-0.2, -0.15) is 0 Å². The SMILES string of the molecule is C=CSCC(=O)OC. The lowest BCUT2D eigenvalue weighted by Gasteiger charge is -1.91. The van der Waals surface area contributed by atoms with Gasteiger partial charge < -0.3 is 4.74 Å². The maximum atomic E-state index is 10.3. The van der Waals surface area contributed by atoms with E-state index in [2.05, 4.69) is 11.3 Å². The summed E-state index contributed by atoms with van der Waals surface area (Å²) in [4.78, 5) is 10.3. The highest BCUT2D eigenvalue weighted by atomic mass is 32.2. The van der Waals surface area contributed by atoms with Crippen molar-refractivity contribution in [1.29, 1.82) is 0 Å². The first-order valence-electron chi connectivity index (χ1n) is 2.10. The number of esters is 1. The number of rotatable bonds is 3. The molecule has 0 aromatic carbocycles. The second-order valence-corrected chi connectivity index (χ2v) is 2.01. The van der Waals surface area contributed by atoms with Crippen molar-refractivity contribution in [2.75, 3.05) is 12.9 Å². The molecule has 0 aliphatic heterocycles. The Labute approximate surface area is 52.9 Å². The molecule has 8 heavy (non-hydrogen) atoms. The fourth-order valence-electron chi connectivity index (χ4n) is 0.186. The van der Waals surface area contributed by atoms with Crippen LogP contribution in [0.25, 0.3) is 0 Å². The molecule has 0 unspecified atom stereocenters. The van der Waals surface area contributed by atoms with Gasteiger partial charge in [0.05, 0.1) is 12.9 Å². The van der Waals surface area contributed by atoms with Crippen LogP contribution in [0.4, 0.5) is 0 Å². The minimum atomic E-state index is -0.213. The maximum Gasteiger partial charge on any atom is 0.315 e. The van der Waals surface area contributed by atoms with E-state index in [0.29, 0.717) is 5.75 Å².